The van der Waals surface area contributed by atoms with Crippen molar-refractivity contribution in [2.24, 2.45) is 0 Å². The summed E-state index contributed by atoms with van der Waals surface area (Å²) < 4.78 is 79.2. The van der Waals surface area contributed by atoms with Crippen molar-refractivity contribution in [3.05, 3.63) is 87.8 Å². The monoisotopic (exact) mass is 449 g/mol. The Balaban J connectivity index is 1.99. The van der Waals surface area contributed by atoms with Crippen LogP contribution in [0.4, 0.5) is 26.3 Å². The fraction of sp³-hybridized carbons (Fsp3) is 0.136. The number of fused-ring (bicyclic) bond motifs is 1. The van der Waals surface area contributed by atoms with Crippen LogP contribution in [-0.2, 0) is 12.4 Å². The zero-order chi connectivity index (χ0) is 23.3. The third-order valence-electron chi connectivity index (χ3n) is 4.77. The fourth-order valence-corrected chi connectivity index (χ4v) is 3.23. The topological polar surface area (TPSA) is 47.8 Å². The van der Waals surface area contributed by atoms with Crippen molar-refractivity contribution in [3.63, 3.8) is 0 Å². The van der Waals surface area contributed by atoms with Gasteiger partial charge in [0.2, 0.25) is 0 Å². The molecular weight excluding hydrogens is 436 g/mol. The predicted molar refractivity (Wildman–Crippen MR) is 105 cm³/mol. The highest BCUT2D eigenvalue weighted by Crippen LogP contribution is 2.33. The van der Waals surface area contributed by atoms with Crippen molar-refractivity contribution in [3.8, 4) is 16.9 Å². The maximum Gasteiger partial charge on any atom is 0.416 e. The smallest absolute Gasteiger partial charge is 0.267 e. The van der Waals surface area contributed by atoms with Gasteiger partial charge in [-0.3, -0.25) is 9.78 Å². The summed E-state index contributed by atoms with van der Waals surface area (Å²) in [6.07, 6.45) is -7.72. The first kappa shape index (κ1) is 21.5. The first-order valence-corrected chi connectivity index (χ1v) is 9.20. The van der Waals surface area contributed by atoms with Gasteiger partial charge < -0.3 is 0 Å². The van der Waals surface area contributed by atoms with E-state index in [1.165, 1.54) is 24.4 Å². The van der Waals surface area contributed by atoms with Crippen molar-refractivity contribution in [2.45, 2.75) is 19.3 Å². The second-order valence-corrected chi connectivity index (χ2v) is 7.10. The van der Waals surface area contributed by atoms with Gasteiger partial charge in [-0.05, 0) is 55.0 Å². The summed E-state index contributed by atoms with van der Waals surface area (Å²) in [5.74, 6) is 0. The van der Waals surface area contributed by atoms with E-state index >= 15 is 0 Å². The Morgan fingerprint density at radius 3 is 2.12 bits per heavy atom. The van der Waals surface area contributed by atoms with E-state index < -0.39 is 29.0 Å². The number of aryl methyl sites for hydroxylation is 1. The molecule has 0 aliphatic heterocycles. The highest BCUT2D eigenvalue weighted by atomic mass is 19.4. The molecule has 0 aliphatic carbocycles. The predicted octanol–water partition coefficient (Wildman–Crippen LogP) is 5.79. The van der Waals surface area contributed by atoms with Gasteiger partial charge in [-0.2, -0.15) is 36.1 Å². The second-order valence-electron chi connectivity index (χ2n) is 7.10. The van der Waals surface area contributed by atoms with Crippen molar-refractivity contribution in [1.82, 2.24) is 14.8 Å². The molecule has 2 aromatic heterocycles. The molecule has 0 bridgehead atoms. The zero-order valence-corrected chi connectivity index (χ0v) is 16.3. The molecule has 0 radical (unpaired) electrons. The van der Waals surface area contributed by atoms with Gasteiger partial charge in [0.05, 0.1) is 22.2 Å². The molecule has 4 aromatic rings. The summed E-state index contributed by atoms with van der Waals surface area (Å²) >= 11 is 0. The summed E-state index contributed by atoms with van der Waals surface area (Å²) in [5.41, 5.74) is -1.70. The maximum atomic E-state index is 13.2. The molecule has 0 fully saturated rings. The van der Waals surface area contributed by atoms with Gasteiger partial charge in [-0.1, -0.05) is 12.1 Å². The van der Waals surface area contributed by atoms with E-state index in [0.29, 0.717) is 5.56 Å². The SMILES string of the molecule is Cc1cnc2c(-c3cccc(C(F)(F)F)c3)nn(-c3ccc(C(F)(F)F)cc3)c(=O)c2c1. The van der Waals surface area contributed by atoms with E-state index in [4.69, 9.17) is 0 Å². The summed E-state index contributed by atoms with van der Waals surface area (Å²) in [5, 5.41) is 4.25. The molecule has 4 rings (SSSR count). The molecular formula is C22H13F6N3O. The second kappa shape index (κ2) is 7.47. The number of nitrogens with zero attached hydrogens (tertiary/aromatic N) is 3. The Morgan fingerprint density at radius 1 is 0.844 bits per heavy atom. The van der Waals surface area contributed by atoms with Crippen LogP contribution in [0.2, 0.25) is 0 Å². The van der Waals surface area contributed by atoms with Gasteiger partial charge in [0.1, 0.15) is 11.2 Å². The van der Waals surface area contributed by atoms with E-state index in [2.05, 4.69) is 10.1 Å². The molecule has 0 N–H and O–H groups in total. The Kier molecular flexibility index (Phi) is 5.03. The first-order chi connectivity index (χ1) is 14.9. The molecule has 0 unspecified atom stereocenters. The lowest BCUT2D eigenvalue weighted by molar-refractivity contribution is -0.138. The van der Waals surface area contributed by atoms with Gasteiger partial charge in [-0.25, -0.2) is 0 Å². The number of alkyl halides is 6. The Bertz CT molecular complexity index is 1370. The number of aromatic nitrogens is 3. The van der Waals surface area contributed by atoms with Crippen LogP contribution in [-0.4, -0.2) is 14.8 Å². The van der Waals surface area contributed by atoms with E-state index in [9.17, 15) is 31.1 Å². The fourth-order valence-electron chi connectivity index (χ4n) is 3.23. The zero-order valence-electron chi connectivity index (χ0n) is 16.3. The van der Waals surface area contributed by atoms with Gasteiger partial charge >= 0.3 is 12.4 Å². The van der Waals surface area contributed by atoms with E-state index in [1.54, 1.807) is 6.92 Å². The minimum atomic E-state index is -4.60. The number of halogens is 6. The largest absolute Gasteiger partial charge is 0.416 e. The van der Waals surface area contributed by atoms with Crippen LogP contribution in [0.3, 0.4) is 0 Å². The van der Waals surface area contributed by atoms with E-state index in [0.717, 1.165) is 41.1 Å². The van der Waals surface area contributed by atoms with Gasteiger partial charge in [0.25, 0.3) is 5.56 Å². The van der Waals surface area contributed by atoms with Crippen LogP contribution >= 0.6 is 0 Å². The van der Waals surface area contributed by atoms with E-state index in [-0.39, 0.29) is 27.8 Å². The van der Waals surface area contributed by atoms with Gasteiger partial charge in [-0.15, -0.1) is 0 Å². The van der Waals surface area contributed by atoms with E-state index in [1.807, 2.05) is 0 Å². The van der Waals surface area contributed by atoms with Gasteiger partial charge in [0, 0.05) is 11.8 Å². The summed E-state index contributed by atoms with van der Waals surface area (Å²) in [6.45, 7) is 1.68. The lowest BCUT2D eigenvalue weighted by atomic mass is 10.0. The quantitative estimate of drug-likeness (QED) is 0.364. The molecule has 0 aliphatic rings. The highest BCUT2D eigenvalue weighted by molar-refractivity contribution is 5.91. The van der Waals surface area contributed by atoms with Crippen LogP contribution in [0.15, 0.2) is 65.6 Å². The molecule has 4 nitrogen and oxygen atoms in total. The lowest BCUT2D eigenvalue weighted by Crippen LogP contribution is -2.23. The maximum absolute atomic E-state index is 13.2. The molecule has 0 saturated heterocycles. The molecule has 0 amide bonds. The lowest BCUT2D eigenvalue weighted by Gasteiger charge is -2.13. The molecule has 32 heavy (non-hydrogen) atoms. The average Bonchev–Trinajstić information content (AvgIpc) is 2.73. The third kappa shape index (κ3) is 3.95. The van der Waals surface area contributed by atoms with Crippen LogP contribution in [0.1, 0.15) is 16.7 Å². The average molecular weight is 449 g/mol. The van der Waals surface area contributed by atoms with Crippen LogP contribution in [0.25, 0.3) is 27.8 Å². The molecule has 0 saturated carbocycles. The number of benzene rings is 2. The summed E-state index contributed by atoms with van der Waals surface area (Å²) in [6, 6.07) is 9.61. The molecule has 2 heterocycles. The van der Waals surface area contributed by atoms with Crippen molar-refractivity contribution < 1.29 is 26.3 Å². The molecule has 2 aromatic carbocycles. The number of hydrogen-bond acceptors (Lipinski definition) is 3. The normalized spacial score (nSPS) is 12.3. The minimum absolute atomic E-state index is 0.00871. The third-order valence-corrected chi connectivity index (χ3v) is 4.77. The molecule has 0 spiro atoms. The number of hydrogen-bond donors (Lipinski definition) is 0. The molecule has 164 valence electrons. The van der Waals surface area contributed by atoms with Crippen LogP contribution in [0, 0.1) is 6.92 Å². The van der Waals surface area contributed by atoms with Crippen molar-refractivity contribution in [2.75, 3.05) is 0 Å². The Labute approximate surface area is 176 Å². The Morgan fingerprint density at radius 2 is 1.50 bits per heavy atom. The Hall–Kier alpha value is -3.69. The highest BCUT2D eigenvalue weighted by Gasteiger charge is 2.31. The van der Waals surface area contributed by atoms with Gasteiger partial charge in [0.15, 0.2) is 0 Å². The molecule has 10 heteroatoms. The number of pyridine rings is 1. The van der Waals surface area contributed by atoms with Crippen LogP contribution < -0.4 is 5.56 Å². The number of rotatable bonds is 2. The van der Waals surface area contributed by atoms with Crippen molar-refractivity contribution in [1.29, 1.82) is 0 Å². The first-order valence-electron chi connectivity index (χ1n) is 9.20. The summed E-state index contributed by atoms with van der Waals surface area (Å²) in [4.78, 5) is 17.2. The summed E-state index contributed by atoms with van der Waals surface area (Å²) in [7, 11) is 0. The standard InChI is InChI=1S/C22H13F6N3O/c1-12-9-17-19(29-11-12)18(13-3-2-4-15(10-13)22(26,27)28)30-31(20(17)32)16-7-5-14(6-8-16)21(23,24)25/h2-11H,1H3. The minimum Gasteiger partial charge on any atom is -0.267 e. The molecule has 0 atom stereocenters. The van der Waals surface area contributed by atoms with Crippen molar-refractivity contribution >= 4 is 10.9 Å². The van der Waals surface area contributed by atoms with Crippen LogP contribution in [0.5, 0.6) is 0 Å².